The minimum absolute atomic E-state index is 0.557. The van der Waals surface area contributed by atoms with Gasteiger partial charge in [0.25, 0.3) is 0 Å². The Morgan fingerprint density at radius 1 is 1.43 bits per heavy atom. The van der Waals surface area contributed by atoms with E-state index in [0.29, 0.717) is 12.0 Å². The summed E-state index contributed by atoms with van der Waals surface area (Å²) in [5, 5.41) is 3.53. The van der Waals surface area contributed by atoms with Gasteiger partial charge in [0.15, 0.2) is 0 Å². The van der Waals surface area contributed by atoms with E-state index in [2.05, 4.69) is 25.2 Å². The summed E-state index contributed by atoms with van der Waals surface area (Å²) < 4.78 is 5.35. The van der Waals surface area contributed by atoms with Crippen LogP contribution in [0.4, 0.5) is 5.69 Å². The molecule has 2 heteroatoms. The minimum atomic E-state index is 0.557. The average Bonchev–Trinajstić information content (AvgIpc) is 2.60. The van der Waals surface area contributed by atoms with E-state index in [1.54, 1.807) is 7.11 Å². The molecule has 1 unspecified atom stereocenters. The average molecular weight is 191 g/mol. The maximum atomic E-state index is 5.35. The number of benzene rings is 1. The molecule has 1 N–H and O–H groups in total. The lowest BCUT2D eigenvalue weighted by molar-refractivity contribution is 0.408. The van der Waals surface area contributed by atoms with Crippen molar-refractivity contribution in [1.82, 2.24) is 0 Å². The highest BCUT2D eigenvalue weighted by Gasteiger charge is 2.25. The molecule has 0 saturated carbocycles. The van der Waals surface area contributed by atoms with Gasteiger partial charge in [0.05, 0.1) is 7.11 Å². The van der Waals surface area contributed by atoms with Crippen LogP contribution in [0.2, 0.25) is 0 Å². The normalized spacial score (nSPS) is 19.3. The van der Waals surface area contributed by atoms with Crippen LogP contribution in [0.5, 0.6) is 5.75 Å². The summed E-state index contributed by atoms with van der Waals surface area (Å²) in [6.07, 6.45) is 1.08. The van der Waals surface area contributed by atoms with Crippen LogP contribution >= 0.6 is 0 Å². The number of nitrogens with one attached hydrogen (secondary N) is 1. The Kier molecular flexibility index (Phi) is 2.36. The summed E-state index contributed by atoms with van der Waals surface area (Å²) in [5.41, 5.74) is 2.57. The quantitative estimate of drug-likeness (QED) is 0.776. The van der Waals surface area contributed by atoms with Gasteiger partial charge in [-0.25, -0.2) is 0 Å². The molecule has 1 atom stereocenters. The van der Waals surface area contributed by atoms with Crippen LogP contribution in [-0.2, 0) is 6.42 Å². The van der Waals surface area contributed by atoms with Crippen LogP contribution in [0.1, 0.15) is 19.4 Å². The van der Waals surface area contributed by atoms with Crippen LogP contribution in [0, 0.1) is 5.92 Å². The predicted molar refractivity (Wildman–Crippen MR) is 58.9 cm³/mol. The molecule has 76 valence electrons. The van der Waals surface area contributed by atoms with Gasteiger partial charge in [-0.1, -0.05) is 19.9 Å². The van der Waals surface area contributed by atoms with Crippen LogP contribution < -0.4 is 10.1 Å². The zero-order valence-electron chi connectivity index (χ0n) is 9.00. The van der Waals surface area contributed by atoms with Gasteiger partial charge in [0.2, 0.25) is 0 Å². The summed E-state index contributed by atoms with van der Waals surface area (Å²) in [6, 6.07) is 6.75. The maximum Gasteiger partial charge on any atom is 0.124 e. The highest BCUT2D eigenvalue weighted by Crippen LogP contribution is 2.35. The first-order valence-corrected chi connectivity index (χ1v) is 5.14. The van der Waals surface area contributed by atoms with Gasteiger partial charge in [-0.15, -0.1) is 0 Å². The molecule has 0 spiro atoms. The van der Waals surface area contributed by atoms with Gasteiger partial charge in [0, 0.05) is 17.3 Å². The molecule has 1 aliphatic rings. The van der Waals surface area contributed by atoms with Crippen molar-refractivity contribution in [3.8, 4) is 5.75 Å². The van der Waals surface area contributed by atoms with Crippen molar-refractivity contribution < 1.29 is 4.74 Å². The summed E-state index contributed by atoms with van der Waals surface area (Å²) in [5.74, 6) is 1.67. The lowest BCUT2D eigenvalue weighted by atomic mass is 10.0. The fourth-order valence-electron chi connectivity index (χ4n) is 1.98. The minimum Gasteiger partial charge on any atom is -0.496 e. The molecule has 14 heavy (non-hydrogen) atoms. The number of rotatable bonds is 2. The molecule has 1 aromatic rings. The third-order valence-electron chi connectivity index (χ3n) is 2.92. The van der Waals surface area contributed by atoms with Crippen LogP contribution in [-0.4, -0.2) is 13.2 Å². The Labute approximate surface area is 85.3 Å². The Bertz CT molecular complexity index is 333. The molecule has 2 nitrogen and oxygen atoms in total. The van der Waals surface area contributed by atoms with Crippen LogP contribution in [0.25, 0.3) is 0 Å². The van der Waals surface area contributed by atoms with Crippen molar-refractivity contribution in [2.75, 3.05) is 12.4 Å². The number of fused-ring (bicyclic) bond motifs is 1. The third-order valence-corrected chi connectivity index (χ3v) is 2.92. The van der Waals surface area contributed by atoms with Crippen molar-refractivity contribution in [2.45, 2.75) is 26.3 Å². The first kappa shape index (κ1) is 9.38. The molecule has 1 aliphatic heterocycles. The molecule has 0 bridgehead atoms. The van der Waals surface area contributed by atoms with Gasteiger partial charge >= 0.3 is 0 Å². The van der Waals surface area contributed by atoms with E-state index in [-0.39, 0.29) is 0 Å². The van der Waals surface area contributed by atoms with Gasteiger partial charge in [0.1, 0.15) is 5.75 Å². The number of hydrogen-bond acceptors (Lipinski definition) is 2. The number of anilines is 1. The van der Waals surface area contributed by atoms with Crippen LogP contribution in [0.15, 0.2) is 18.2 Å². The van der Waals surface area contributed by atoms with E-state index < -0.39 is 0 Å². The van der Waals surface area contributed by atoms with E-state index in [9.17, 15) is 0 Å². The predicted octanol–water partition coefficient (Wildman–Crippen LogP) is 2.69. The summed E-state index contributed by atoms with van der Waals surface area (Å²) >= 11 is 0. The lowest BCUT2D eigenvalue weighted by Gasteiger charge is -2.14. The zero-order chi connectivity index (χ0) is 10.1. The molecule has 1 aromatic carbocycles. The second kappa shape index (κ2) is 3.52. The fourth-order valence-corrected chi connectivity index (χ4v) is 1.98. The lowest BCUT2D eigenvalue weighted by Crippen LogP contribution is -2.21. The second-order valence-electron chi connectivity index (χ2n) is 4.19. The summed E-state index contributed by atoms with van der Waals surface area (Å²) in [7, 11) is 1.73. The number of methoxy groups -OCH3 is 1. The molecule has 0 aromatic heterocycles. The number of hydrogen-bond donors (Lipinski definition) is 1. The highest BCUT2D eigenvalue weighted by atomic mass is 16.5. The molecule has 0 radical (unpaired) electrons. The smallest absolute Gasteiger partial charge is 0.124 e. The Hall–Kier alpha value is -1.18. The van der Waals surface area contributed by atoms with Gasteiger partial charge in [-0.2, -0.15) is 0 Å². The van der Waals surface area contributed by atoms with E-state index in [4.69, 9.17) is 4.74 Å². The largest absolute Gasteiger partial charge is 0.496 e. The van der Waals surface area contributed by atoms with Gasteiger partial charge < -0.3 is 10.1 Å². The Morgan fingerprint density at radius 2 is 2.21 bits per heavy atom. The molecular formula is C12H17NO. The first-order chi connectivity index (χ1) is 6.72. The van der Waals surface area contributed by atoms with Crippen molar-refractivity contribution in [2.24, 2.45) is 5.92 Å². The summed E-state index contributed by atoms with van der Waals surface area (Å²) in [4.78, 5) is 0. The zero-order valence-corrected chi connectivity index (χ0v) is 9.00. The molecule has 1 heterocycles. The molecular weight excluding hydrogens is 174 g/mol. The Morgan fingerprint density at radius 3 is 2.86 bits per heavy atom. The van der Waals surface area contributed by atoms with Gasteiger partial charge in [-0.3, -0.25) is 0 Å². The van der Waals surface area contributed by atoms with Crippen LogP contribution in [0.3, 0.4) is 0 Å². The molecule has 0 amide bonds. The molecule has 2 rings (SSSR count). The van der Waals surface area contributed by atoms with E-state index in [0.717, 1.165) is 12.2 Å². The van der Waals surface area contributed by atoms with E-state index >= 15 is 0 Å². The van der Waals surface area contributed by atoms with Crippen molar-refractivity contribution in [3.05, 3.63) is 23.8 Å². The first-order valence-electron chi connectivity index (χ1n) is 5.14. The SMILES string of the molecule is COc1cccc2c1CC(C(C)C)N2. The van der Waals surface area contributed by atoms with Gasteiger partial charge in [-0.05, 0) is 24.5 Å². The van der Waals surface area contributed by atoms with Crippen molar-refractivity contribution in [1.29, 1.82) is 0 Å². The summed E-state index contributed by atoms with van der Waals surface area (Å²) in [6.45, 7) is 4.49. The number of ether oxygens (including phenoxy) is 1. The highest BCUT2D eigenvalue weighted by molar-refractivity contribution is 5.62. The van der Waals surface area contributed by atoms with Crippen molar-refractivity contribution >= 4 is 5.69 Å². The molecule has 0 saturated heterocycles. The molecule has 0 fully saturated rings. The van der Waals surface area contributed by atoms with Crippen molar-refractivity contribution in [3.63, 3.8) is 0 Å². The van der Waals surface area contributed by atoms with E-state index in [1.807, 2.05) is 12.1 Å². The maximum absolute atomic E-state index is 5.35. The fraction of sp³-hybridized carbons (Fsp3) is 0.500. The third kappa shape index (κ3) is 1.45. The Balaban J connectivity index is 2.30. The standard InChI is InChI=1S/C12H17NO/c1-8(2)11-7-9-10(13-11)5-4-6-12(9)14-3/h4-6,8,11,13H,7H2,1-3H3. The second-order valence-corrected chi connectivity index (χ2v) is 4.19. The van der Waals surface area contributed by atoms with E-state index in [1.165, 1.54) is 11.3 Å². The monoisotopic (exact) mass is 191 g/mol. The topological polar surface area (TPSA) is 21.3 Å². The molecule has 0 aliphatic carbocycles.